The van der Waals surface area contributed by atoms with Gasteiger partial charge in [-0.3, -0.25) is 4.79 Å². The number of carbonyl (C=O) groups excluding carboxylic acids is 1. The zero-order valence-corrected chi connectivity index (χ0v) is 13.1. The number of hydrogen-bond donors (Lipinski definition) is 0. The maximum atomic E-state index is 12.3. The van der Waals surface area contributed by atoms with Gasteiger partial charge in [0, 0.05) is 5.56 Å². The maximum absolute atomic E-state index is 12.3. The molecule has 0 N–H and O–H groups in total. The molecule has 1 saturated carbocycles. The molecule has 0 aromatic heterocycles. The Kier molecular flexibility index (Phi) is 4.98. The molecular formula is C18H26O2. The van der Waals surface area contributed by atoms with Gasteiger partial charge in [0.25, 0.3) is 0 Å². The second-order valence-electron chi connectivity index (χ2n) is 6.59. The summed E-state index contributed by atoms with van der Waals surface area (Å²) in [5.41, 5.74) is 3.03. The lowest BCUT2D eigenvalue weighted by Crippen LogP contribution is -2.28. The first-order valence-electron chi connectivity index (χ1n) is 7.67. The Labute approximate surface area is 122 Å². The van der Waals surface area contributed by atoms with Crippen molar-refractivity contribution in [1.82, 2.24) is 0 Å². The Bertz CT molecular complexity index is 468. The lowest BCUT2D eigenvalue weighted by atomic mass is 9.82. The Hall–Kier alpha value is -1.15. The van der Waals surface area contributed by atoms with E-state index in [4.69, 9.17) is 4.74 Å². The van der Waals surface area contributed by atoms with Crippen LogP contribution in [-0.2, 0) is 4.74 Å². The average Bonchev–Trinajstić information content (AvgIpc) is 2.35. The number of ketones is 1. The fourth-order valence-electron chi connectivity index (χ4n) is 3.41. The van der Waals surface area contributed by atoms with Gasteiger partial charge in [0.05, 0.1) is 6.10 Å². The maximum Gasteiger partial charge on any atom is 0.188 e. The first-order valence-corrected chi connectivity index (χ1v) is 7.67. The number of hydrogen-bond acceptors (Lipinski definition) is 2. The van der Waals surface area contributed by atoms with Crippen LogP contribution < -0.4 is 0 Å². The molecule has 0 heterocycles. The van der Waals surface area contributed by atoms with Crippen molar-refractivity contribution in [2.45, 2.75) is 53.1 Å². The highest BCUT2D eigenvalue weighted by Crippen LogP contribution is 2.30. The Morgan fingerprint density at radius 1 is 1.15 bits per heavy atom. The predicted octanol–water partition coefficient (Wildman–Crippen LogP) is 4.33. The third-order valence-electron chi connectivity index (χ3n) is 4.27. The van der Waals surface area contributed by atoms with Crippen molar-refractivity contribution in [1.29, 1.82) is 0 Å². The molecule has 20 heavy (non-hydrogen) atoms. The highest BCUT2D eigenvalue weighted by molar-refractivity contribution is 5.98. The SMILES string of the molecule is Cc1ccc(C(=O)COC2CC(C)CC(C)C2)c(C)c1. The Morgan fingerprint density at radius 3 is 2.40 bits per heavy atom. The number of ether oxygens (including phenoxy) is 1. The third-order valence-corrected chi connectivity index (χ3v) is 4.27. The molecule has 1 aromatic rings. The molecule has 110 valence electrons. The Morgan fingerprint density at radius 2 is 1.80 bits per heavy atom. The van der Waals surface area contributed by atoms with Crippen LogP contribution in [0.15, 0.2) is 18.2 Å². The summed E-state index contributed by atoms with van der Waals surface area (Å²) in [4.78, 5) is 12.3. The summed E-state index contributed by atoms with van der Waals surface area (Å²) in [5, 5.41) is 0. The van der Waals surface area contributed by atoms with E-state index in [9.17, 15) is 4.79 Å². The second-order valence-corrected chi connectivity index (χ2v) is 6.59. The summed E-state index contributed by atoms with van der Waals surface area (Å²) < 4.78 is 5.88. The van der Waals surface area contributed by atoms with Gasteiger partial charge in [0.2, 0.25) is 0 Å². The molecule has 1 aromatic carbocycles. The normalized spacial score (nSPS) is 26.5. The summed E-state index contributed by atoms with van der Waals surface area (Å²) in [5.74, 6) is 1.52. The fraction of sp³-hybridized carbons (Fsp3) is 0.611. The molecule has 1 aliphatic rings. The van der Waals surface area contributed by atoms with Gasteiger partial charge in [-0.05, 0) is 50.5 Å². The van der Waals surface area contributed by atoms with Crippen LogP contribution in [0.4, 0.5) is 0 Å². The molecular weight excluding hydrogens is 248 g/mol. The van der Waals surface area contributed by atoms with E-state index in [1.165, 1.54) is 12.0 Å². The Balaban J connectivity index is 1.91. The lowest BCUT2D eigenvalue weighted by molar-refractivity contribution is 0.00560. The lowest BCUT2D eigenvalue weighted by Gasteiger charge is -2.31. The summed E-state index contributed by atoms with van der Waals surface area (Å²) in [6.45, 7) is 8.80. The van der Waals surface area contributed by atoms with Crippen molar-refractivity contribution in [2.75, 3.05) is 6.61 Å². The molecule has 2 nitrogen and oxygen atoms in total. The summed E-state index contributed by atoms with van der Waals surface area (Å²) in [6.07, 6.45) is 3.71. The minimum Gasteiger partial charge on any atom is -0.370 e. The predicted molar refractivity (Wildman–Crippen MR) is 82.2 cm³/mol. The van der Waals surface area contributed by atoms with Gasteiger partial charge in [-0.15, -0.1) is 0 Å². The zero-order valence-electron chi connectivity index (χ0n) is 13.1. The van der Waals surface area contributed by atoms with Gasteiger partial charge in [0.1, 0.15) is 6.61 Å². The second kappa shape index (κ2) is 6.53. The molecule has 2 rings (SSSR count). The van der Waals surface area contributed by atoms with Crippen LogP contribution in [0.1, 0.15) is 54.6 Å². The van der Waals surface area contributed by atoms with Crippen LogP contribution in [0.25, 0.3) is 0 Å². The van der Waals surface area contributed by atoms with Gasteiger partial charge in [-0.1, -0.05) is 37.6 Å². The fourth-order valence-corrected chi connectivity index (χ4v) is 3.41. The zero-order chi connectivity index (χ0) is 14.7. The van der Waals surface area contributed by atoms with Crippen LogP contribution in [0.2, 0.25) is 0 Å². The van der Waals surface area contributed by atoms with Gasteiger partial charge in [-0.2, -0.15) is 0 Å². The van der Waals surface area contributed by atoms with Crippen molar-refractivity contribution in [2.24, 2.45) is 11.8 Å². The topological polar surface area (TPSA) is 26.3 Å². The van der Waals surface area contributed by atoms with E-state index in [0.717, 1.165) is 24.0 Å². The van der Waals surface area contributed by atoms with E-state index < -0.39 is 0 Å². The van der Waals surface area contributed by atoms with Crippen LogP contribution in [0.5, 0.6) is 0 Å². The van der Waals surface area contributed by atoms with Crippen molar-refractivity contribution >= 4 is 5.78 Å². The minimum absolute atomic E-state index is 0.105. The van der Waals surface area contributed by atoms with Crippen molar-refractivity contribution < 1.29 is 9.53 Å². The monoisotopic (exact) mass is 274 g/mol. The molecule has 0 spiro atoms. The first-order chi connectivity index (χ1) is 9.45. The van der Waals surface area contributed by atoms with E-state index in [-0.39, 0.29) is 18.5 Å². The number of carbonyl (C=O) groups is 1. The molecule has 0 bridgehead atoms. The average molecular weight is 274 g/mol. The summed E-state index contributed by atoms with van der Waals surface area (Å²) >= 11 is 0. The standard InChI is InChI=1S/C18H26O2/c1-12-5-6-17(15(4)8-12)18(19)11-20-16-9-13(2)7-14(3)10-16/h5-6,8,13-14,16H,7,9-11H2,1-4H3. The third kappa shape index (κ3) is 3.92. The van der Waals surface area contributed by atoms with Gasteiger partial charge >= 0.3 is 0 Å². The summed E-state index contributed by atoms with van der Waals surface area (Å²) in [7, 11) is 0. The van der Waals surface area contributed by atoms with E-state index >= 15 is 0 Å². The van der Waals surface area contributed by atoms with Gasteiger partial charge < -0.3 is 4.74 Å². The van der Waals surface area contributed by atoms with Crippen LogP contribution >= 0.6 is 0 Å². The van der Waals surface area contributed by atoms with E-state index in [0.29, 0.717) is 11.8 Å². The van der Waals surface area contributed by atoms with Crippen molar-refractivity contribution in [3.05, 3.63) is 34.9 Å². The summed E-state index contributed by atoms with van der Waals surface area (Å²) in [6, 6.07) is 5.96. The van der Waals surface area contributed by atoms with E-state index in [2.05, 4.69) is 19.9 Å². The number of benzene rings is 1. The molecule has 0 aliphatic heterocycles. The van der Waals surface area contributed by atoms with E-state index in [1.807, 2.05) is 26.0 Å². The van der Waals surface area contributed by atoms with Gasteiger partial charge in [-0.25, -0.2) is 0 Å². The molecule has 0 radical (unpaired) electrons. The van der Waals surface area contributed by atoms with Crippen LogP contribution in [0, 0.1) is 25.7 Å². The molecule has 0 saturated heterocycles. The van der Waals surface area contributed by atoms with Crippen molar-refractivity contribution in [3.8, 4) is 0 Å². The van der Waals surface area contributed by atoms with E-state index in [1.54, 1.807) is 0 Å². The number of rotatable bonds is 4. The number of Topliss-reactive ketones (excluding diaryl/α,β-unsaturated/α-hetero) is 1. The van der Waals surface area contributed by atoms with Gasteiger partial charge in [0.15, 0.2) is 5.78 Å². The molecule has 2 atom stereocenters. The molecule has 0 amide bonds. The number of aryl methyl sites for hydroxylation is 2. The highest BCUT2D eigenvalue weighted by Gasteiger charge is 2.25. The van der Waals surface area contributed by atoms with Crippen LogP contribution in [0.3, 0.4) is 0 Å². The minimum atomic E-state index is 0.105. The molecule has 2 unspecified atom stereocenters. The molecule has 2 heteroatoms. The van der Waals surface area contributed by atoms with Crippen LogP contribution in [-0.4, -0.2) is 18.5 Å². The largest absolute Gasteiger partial charge is 0.370 e. The first kappa shape index (κ1) is 15.2. The smallest absolute Gasteiger partial charge is 0.188 e. The quantitative estimate of drug-likeness (QED) is 0.764. The van der Waals surface area contributed by atoms with Crippen molar-refractivity contribution in [3.63, 3.8) is 0 Å². The molecule has 1 fully saturated rings. The molecule has 1 aliphatic carbocycles. The highest BCUT2D eigenvalue weighted by atomic mass is 16.5.